The van der Waals surface area contributed by atoms with Crippen LogP contribution in [0.1, 0.15) is 23.1 Å². The maximum Gasteiger partial charge on any atom is 0.411 e. The average Bonchev–Trinajstić information content (AvgIpc) is 2.74. The molecule has 0 aliphatic heterocycles. The molecule has 0 saturated carbocycles. The van der Waals surface area contributed by atoms with Crippen LogP contribution in [-0.2, 0) is 28.8 Å². The van der Waals surface area contributed by atoms with Gasteiger partial charge >= 0.3 is 6.18 Å². The molecular weight excluding hydrogens is 257 g/mol. The van der Waals surface area contributed by atoms with Crippen LogP contribution in [0.3, 0.4) is 0 Å². The lowest BCUT2D eigenvalue weighted by Crippen LogP contribution is -2.21. The summed E-state index contributed by atoms with van der Waals surface area (Å²) in [6, 6.07) is 5.84. The number of Topliss-reactive ketones (excluding diaryl/α,β-unsaturated/α-hetero) is 1. The molecule has 1 aromatic rings. The molecule has 0 N–H and O–H groups in total. The van der Waals surface area contributed by atoms with Gasteiger partial charge in [0, 0.05) is 6.42 Å². The van der Waals surface area contributed by atoms with Crippen LogP contribution < -0.4 is 0 Å². The van der Waals surface area contributed by atoms with Gasteiger partial charge < -0.3 is 4.74 Å². The molecular formula is C14H15F3O2. The molecule has 2 nitrogen and oxygen atoms in total. The van der Waals surface area contributed by atoms with Crippen LogP contribution in [0.15, 0.2) is 18.2 Å². The Balaban J connectivity index is 1.82. The molecule has 5 heteroatoms. The number of halogens is 3. The van der Waals surface area contributed by atoms with E-state index in [9.17, 15) is 18.0 Å². The van der Waals surface area contributed by atoms with E-state index < -0.39 is 19.4 Å². The van der Waals surface area contributed by atoms with E-state index in [0.29, 0.717) is 0 Å². The van der Waals surface area contributed by atoms with Crippen molar-refractivity contribution >= 4 is 5.78 Å². The second-order valence-corrected chi connectivity index (χ2v) is 4.78. The summed E-state index contributed by atoms with van der Waals surface area (Å²) in [6.07, 6.45) is -1.04. The number of carbonyl (C=O) groups is 1. The number of ketones is 1. The lowest BCUT2D eigenvalue weighted by atomic mass is 10.0. The summed E-state index contributed by atoms with van der Waals surface area (Å²) >= 11 is 0. The summed E-state index contributed by atoms with van der Waals surface area (Å²) in [5.74, 6) is -0.331. The molecule has 0 heterocycles. The number of hydrogen-bond donors (Lipinski definition) is 0. The van der Waals surface area contributed by atoms with Crippen molar-refractivity contribution in [2.24, 2.45) is 0 Å². The molecule has 0 bridgehead atoms. The number of rotatable bonds is 5. The third kappa shape index (κ3) is 4.35. The third-order valence-corrected chi connectivity index (χ3v) is 3.09. The van der Waals surface area contributed by atoms with E-state index in [1.807, 2.05) is 18.2 Å². The van der Waals surface area contributed by atoms with Gasteiger partial charge in [-0.2, -0.15) is 13.2 Å². The summed E-state index contributed by atoms with van der Waals surface area (Å²) in [5.41, 5.74) is 3.41. The molecule has 1 aromatic carbocycles. The largest absolute Gasteiger partial charge is 0.411 e. The van der Waals surface area contributed by atoms with Gasteiger partial charge in [0.15, 0.2) is 5.78 Å². The molecule has 0 amide bonds. The molecule has 1 aliphatic carbocycles. The monoisotopic (exact) mass is 272 g/mol. The molecule has 104 valence electrons. The highest BCUT2D eigenvalue weighted by Crippen LogP contribution is 2.23. The molecule has 0 aromatic heterocycles. The summed E-state index contributed by atoms with van der Waals surface area (Å²) in [5, 5.41) is 0. The standard InChI is InChI=1S/C14H15F3O2/c15-14(16,17)9-19-8-13(18)7-10-4-5-11-2-1-3-12(11)6-10/h4-6H,1-3,7-9H2. The molecule has 2 rings (SSSR count). The Labute approximate surface area is 109 Å². The van der Waals surface area contributed by atoms with E-state index in [1.165, 1.54) is 11.1 Å². The first-order valence-electron chi connectivity index (χ1n) is 6.21. The summed E-state index contributed by atoms with van der Waals surface area (Å²) in [7, 11) is 0. The molecule has 0 atom stereocenters. The highest BCUT2D eigenvalue weighted by molar-refractivity contribution is 5.82. The Hall–Kier alpha value is -1.36. The van der Waals surface area contributed by atoms with Crippen molar-refractivity contribution in [3.63, 3.8) is 0 Å². The molecule has 0 fully saturated rings. The minimum atomic E-state index is -4.38. The van der Waals surface area contributed by atoms with Gasteiger partial charge in [-0.3, -0.25) is 4.79 Å². The lowest BCUT2D eigenvalue weighted by molar-refractivity contribution is -0.175. The van der Waals surface area contributed by atoms with E-state index >= 15 is 0 Å². The molecule has 0 saturated heterocycles. The Morgan fingerprint density at radius 3 is 2.68 bits per heavy atom. The molecule has 0 spiro atoms. The van der Waals surface area contributed by atoms with Crippen LogP contribution in [-0.4, -0.2) is 25.2 Å². The van der Waals surface area contributed by atoms with E-state index in [0.717, 1.165) is 24.8 Å². The molecule has 19 heavy (non-hydrogen) atoms. The smallest absolute Gasteiger partial charge is 0.364 e. The first-order valence-corrected chi connectivity index (χ1v) is 6.21. The zero-order chi connectivity index (χ0) is 13.9. The quantitative estimate of drug-likeness (QED) is 0.824. The zero-order valence-electron chi connectivity index (χ0n) is 10.4. The van der Waals surface area contributed by atoms with Crippen molar-refractivity contribution in [1.29, 1.82) is 0 Å². The summed E-state index contributed by atoms with van der Waals surface area (Å²) in [4.78, 5) is 11.5. The van der Waals surface area contributed by atoms with Gasteiger partial charge in [-0.05, 0) is 36.0 Å². The second kappa shape index (κ2) is 5.74. The first kappa shape index (κ1) is 14.1. The molecule has 0 unspecified atom stereocenters. The van der Waals surface area contributed by atoms with Crippen molar-refractivity contribution in [1.82, 2.24) is 0 Å². The van der Waals surface area contributed by atoms with E-state index in [-0.39, 0.29) is 12.2 Å². The van der Waals surface area contributed by atoms with Crippen LogP contribution in [0.2, 0.25) is 0 Å². The summed E-state index contributed by atoms with van der Waals surface area (Å²) < 4.78 is 39.9. The first-order chi connectivity index (χ1) is 8.94. The minimum Gasteiger partial charge on any atom is -0.364 e. The van der Waals surface area contributed by atoms with Crippen molar-refractivity contribution in [2.45, 2.75) is 31.9 Å². The predicted molar refractivity (Wildman–Crippen MR) is 64.1 cm³/mol. The second-order valence-electron chi connectivity index (χ2n) is 4.78. The van der Waals surface area contributed by atoms with Gasteiger partial charge in [-0.25, -0.2) is 0 Å². The van der Waals surface area contributed by atoms with Crippen LogP contribution >= 0.6 is 0 Å². The zero-order valence-corrected chi connectivity index (χ0v) is 10.4. The SMILES string of the molecule is O=C(COCC(F)(F)F)Cc1ccc2c(c1)CCC2. The number of benzene rings is 1. The van der Waals surface area contributed by atoms with Gasteiger partial charge in [0.05, 0.1) is 0 Å². The predicted octanol–water partition coefficient (Wildman–Crippen LogP) is 2.87. The Bertz CT molecular complexity index is 466. The summed E-state index contributed by atoms with van der Waals surface area (Å²) in [6.45, 7) is -1.86. The van der Waals surface area contributed by atoms with Crippen LogP contribution in [0.25, 0.3) is 0 Å². The number of fused-ring (bicyclic) bond motifs is 1. The number of alkyl halides is 3. The van der Waals surface area contributed by atoms with Crippen LogP contribution in [0.4, 0.5) is 13.2 Å². The number of carbonyl (C=O) groups excluding carboxylic acids is 1. The van der Waals surface area contributed by atoms with Gasteiger partial charge in [-0.1, -0.05) is 18.2 Å². The minimum absolute atomic E-state index is 0.130. The normalized spacial score (nSPS) is 14.5. The number of ether oxygens (including phenoxy) is 1. The van der Waals surface area contributed by atoms with Gasteiger partial charge in [0.2, 0.25) is 0 Å². The molecule has 0 radical (unpaired) electrons. The number of aryl methyl sites for hydroxylation is 2. The topological polar surface area (TPSA) is 26.3 Å². The molecule has 1 aliphatic rings. The highest BCUT2D eigenvalue weighted by atomic mass is 19.4. The maximum absolute atomic E-state index is 11.8. The van der Waals surface area contributed by atoms with Crippen molar-refractivity contribution < 1.29 is 22.7 Å². The fourth-order valence-electron chi connectivity index (χ4n) is 2.29. The Kier molecular flexibility index (Phi) is 4.24. The number of hydrogen-bond acceptors (Lipinski definition) is 2. The fraction of sp³-hybridized carbons (Fsp3) is 0.500. The van der Waals surface area contributed by atoms with E-state index in [1.54, 1.807) is 0 Å². The third-order valence-electron chi connectivity index (χ3n) is 3.09. The van der Waals surface area contributed by atoms with Crippen LogP contribution in [0.5, 0.6) is 0 Å². The average molecular weight is 272 g/mol. The Morgan fingerprint density at radius 2 is 1.95 bits per heavy atom. The van der Waals surface area contributed by atoms with Gasteiger partial charge in [0.1, 0.15) is 13.2 Å². The van der Waals surface area contributed by atoms with Gasteiger partial charge in [0.25, 0.3) is 0 Å². The van der Waals surface area contributed by atoms with Crippen molar-refractivity contribution in [3.05, 3.63) is 34.9 Å². The lowest BCUT2D eigenvalue weighted by Gasteiger charge is -2.07. The maximum atomic E-state index is 11.8. The Morgan fingerprint density at radius 1 is 1.21 bits per heavy atom. The van der Waals surface area contributed by atoms with E-state index in [4.69, 9.17) is 0 Å². The van der Waals surface area contributed by atoms with Gasteiger partial charge in [-0.15, -0.1) is 0 Å². The van der Waals surface area contributed by atoms with E-state index in [2.05, 4.69) is 4.74 Å². The highest BCUT2D eigenvalue weighted by Gasteiger charge is 2.27. The van der Waals surface area contributed by atoms with Crippen LogP contribution in [0, 0.1) is 0 Å². The van der Waals surface area contributed by atoms with Crippen molar-refractivity contribution in [3.8, 4) is 0 Å². The van der Waals surface area contributed by atoms with Crippen molar-refractivity contribution in [2.75, 3.05) is 13.2 Å². The fourth-order valence-corrected chi connectivity index (χ4v) is 2.29.